The zero-order chi connectivity index (χ0) is 14.4. The van der Waals surface area contributed by atoms with Crippen LogP contribution in [0.15, 0.2) is 27.8 Å². The van der Waals surface area contributed by atoms with E-state index in [9.17, 15) is 0 Å². The molecule has 2 rings (SSSR count). The van der Waals surface area contributed by atoms with Crippen molar-refractivity contribution in [2.75, 3.05) is 36.6 Å². The van der Waals surface area contributed by atoms with Gasteiger partial charge in [-0.3, -0.25) is 5.43 Å². The van der Waals surface area contributed by atoms with Crippen LogP contribution in [0.25, 0.3) is 0 Å². The molecule has 0 bridgehead atoms. The van der Waals surface area contributed by atoms with Crippen molar-refractivity contribution in [2.45, 2.75) is 0 Å². The molecule has 0 atom stereocenters. The molecule has 1 aromatic rings. The Balaban J connectivity index is 2.12. The van der Waals surface area contributed by atoms with Crippen molar-refractivity contribution in [1.82, 2.24) is 0 Å². The summed E-state index contributed by atoms with van der Waals surface area (Å²) in [6.07, 6.45) is 0. The molecular weight excluding hydrogens is 322 g/mol. The molecule has 0 unspecified atom stereocenters. The van der Waals surface area contributed by atoms with Crippen molar-refractivity contribution in [3.8, 4) is 12.1 Å². The minimum Gasteiger partial charge on any atom is -0.378 e. The molecular formula is C13H12BrN5O. The minimum absolute atomic E-state index is 0.210. The number of nitrogens with zero attached hydrogens (tertiary/aromatic N) is 4. The fraction of sp³-hybridized carbons (Fsp3) is 0.308. The number of ether oxygens (including phenoxy) is 1. The number of nitriles is 2. The zero-order valence-corrected chi connectivity index (χ0v) is 12.2. The first-order valence-electron chi connectivity index (χ1n) is 6.00. The third-order valence-corrected chi connectivity index (χ3v) is 3.44. The number of morpholine rings is 1. The lowest BCUT2D eigenvalue weighted by Gasteiger charge is -2.29. The van der Waals surface area contributed by atoms with E-state index in [1.165, 1.54) is 0 Å². The van der Waals surface area contributed by atoms with Crippen LogP contribution in [0.3, 0.4) is 0 Å². The van der Waals surface area contributed by atoms with Crippen LogP contribution in [0.2, 0.25) is 0 Å². The van der Waals surface area contributed by atoms with Crippen molar-refractivity contribution < 1.29 is 4.74 Å². The SMILES string of the molecule is N#CC(C#N)=NNc1ccc(N2CCOCC2)c(Br)c1. The number of benzene rings is 1. The maximum atomic E-state index is 8.60. The van der Waals surface area contributed by atoms with Gasteiger partial charge in [0.2, 0.25) is 5.71 Å². The Kier molecular flexibility index (Phi) is 4.94. The van der Waals surface area contributed by atoms with Crippen molar-refractivity contribution in [2.24, 2.45) is 5.10 Å². The summed E-state index contributed by atoms with van der Waals surface area (Å²) in [7, 11) is 0. The van der Waals surface area contributed by atoms with Gasteiger partial charge in [-0.25, -0.2) is 0 Å². The largest absolute Gasteiger partial charge is 0.378 e. The molecule has 1 saturated heterocycles. The van der Waals surface area contributed by atoms with Gasteiger partial charge < -0.3 is 9.64 Å². The average Bonchev–Trinajstić information content (AvgIpc) is 2.49. The number of nitrogens with one attached hydrogen (secondary N) is 1. The third kappa shape index (κ3) is 3.47. The summed E-state index contributed by atoms with van der Waals surface area (Å²) < 4.78 is 6.25. The number of hydrogen-bond donors (Lipinski definition) is 1. The summed E-state index contributed by atoms with van der Waals surface area (Å²) in [6.45, 7) is 3.17. The zero-order valence-electron chi connectivity index (χ0n) is 10.6. The summed E-state index contributed by atoms with van der Waals surface area (Å²) in [4.78, 5) is 2.23. The van der Waals surface area contributed by atoms with Crippen LogP contribution < -0.4 is 10.3 Å². The summed E-state index contributed by atoms with van der Waals surface area (Å²) in [5, 5.41) is 20.9. The van der Waals surface area contributed by atoms with Crippen LogP contribution in [0.1, 0.15) is 0 Å². The maximum Gasteiger partial charge on any atom is 0.237 e. The predicted molar refractivity (Wildman–Crippen MR) is 79.5 cm³/mol. The Morgan fingerprint density at radius 1 is 1.30 bits per heavy atom. The second kappa shape index (κ2) is 6.90. The van der Waals surface area contributed by atoms with Gasteiger partial charge in [0.1, 0.15) is 12.1 Å². The molecule has 6 nitrogen and oxygen atoms in total. The van der Waals surface area contributed by atoms with E-state index < -0.39 is 0 Å². The van der Waals surface area contributed by atoms with Gasteiger partial charge in [-0.05, 0) is 34.1 Å². The number of rotatable bonds is 3. The molecule has 0 aliphatic carbocycles. The van der Waals surface area contributed by atoms with E-state index in [1.807, 2.05) is 18.2 Å². The quantitative estimate of drug-likeness (QED) is 0.676. The highest BCUT2D eigenvalue weighted by molar-refractivity contribution is 9.10. The number of hydrogen-bond acceptors (Lipinski definition) is 6. The molecule has 102 valence electrons. The third-order valence-electron chi connectivity index (χ3n) is 2.81. The van der Waals surface area contributed by atoms with Gasteiger partial charge >= 0.3 is 0 Å². The Hall–Kier alpha value is -2.09. The molecule has 1 heterocycles. The van der Waals surface area contributed by atoms with Crippen LogP contribution in [0.5, 0.6) is 0 Å². The van der Waals surface area contributed by atoms with E-state index in [0.717, 1.165) is 36.5 Å². The molecule has 1 aliphatic rings. The van der Waals surface area contributed by atoms with Gasteiger partial charge in [-0.15, -0.1) is 0 Å². The van der Waals surface area contributed by atoms with Crippen LogP contribution in [-0.2, 0) is 4.74 Å². The standard InChI is InChI=1S/C13H12BrN5O/c14-12-7-10(17-18-11(8-15)9-16)1-2-13(12)19-3-5-20-6-4-19/h1-2,7,17H,3-6H2. The Bertz CT molecular complexity index is 580. The van der Waals surface area contributed by atoms with Gasteiger partial charge in [0.05, 0.1) is 24.6 Å². The van der Waals surface area contributed by atoms with E-state index in [1.54, 1.807) is 12.1 Å². The molecule has 1 aromatic carbocycles. The van der Waals surface area contributed by atoms with Crippen molar-refractivity contribution in [3.63, 3.8) is 0 Å². The fourth-order valence-corrected chi connectivity index (χ4v) is 2.46. The molecule has 7 heteroatoms. The highest BCUT2D eigenvalue weighted by atomic mass is 79.9. The molecule has 0 radical (unpaired) electrons. The molecule has 0 aromatic heterocycles. The van der Waals surface area contributed by atoms with Crippen molar-refractivity contribution in [3.05, 3.63) is 22.7 Å². The smallest absolute Gasteiger partial charge is 0.237 e. The van der Waals surface area contributed by atoms with Gasteiger partial charge in [-0.1, -0.05) is 0 Å². The second-order valence-corrected chi connectivity index (χ2v) is 4.92. The fourth-order valence-electron chi connectivity index (χ4n) is 1.83. The highest BCUT2D eigenvalue weighted by Gasteiger charge is 2.13. The molecule has 20 heavy (non-hydrogen) atoms. The average molecular weight is 334 g/mol. The highest BCUT2D eigenvalue weighted by Crippen LogP contribution is 2.29. The minimum atomic E-state index is -0.210. The Labute approximate surface area is 125 Å². The van der Waals surface area contributed by atoms with E-state index in [2.05, 4.69) is 31.4 Å². The first kappa shape index (κ1) is 14.3. The summed E-state index contributed by atoms with van der Waals surface area (Å²) in [5.74, 6) is 0. The Morgan fingerprint density at radius 2 is 2.00 bits per heavy atom. The van der Waals surface area contributed by atoms with Gasteiger partial charge in [-0.2, -0.15) is 15.6 Å². The topological polar surface area (TPSA) is 84.4 Å². The van der Waals surface area contributed by atoms with Gasteiger partial charge in [0.25, 0.3) is 0 Å². The summed E-state index contributed by atoms with van der Waals surface area (Å²) in [5.41, 5.74) is 4.27. The second-order valence-electron chi connectivity index (χ2n) is 4.06. The van der Waals surface area contributed by atoms with Crippen LogP contribution in [0, 0.1) is 22.7 Å². The lowest BCUT2D eigenvalue weighted by Crippen LogP contribution is -2.36. The van der Waals surface area contributed by atoms with Gasteiger partial charge in [0, 0.05) is 17.6 Å². The predicted octanol–water partition coefficient (Wildman–Crippen LogP) is 2.10. The molecule has 1 N–H and O–H groups in total. The molecule has 0 saturated carbocycles. The first-order chi connectivity index (χ1) is 9.74. The van der Waals surface area contributed by atoms with E-state index in [0.29, 0.717) is 5.69 Å². The van der Waals surface area contributed by atoms with Gasteiger partial charge in [0.15, 0.2) is 0 Å². The summed E-state index contributed by atoms with van der Waals surface area (Å²) in [6, 6.07) is 9.06. The van der Waals surface area contributed by atoms with E-state index in [4.69, 9.17) is 15.3 Å². The molecule has 1 aliphatic heterocycles. The molecule has 0 spiro atoms. The summed E-state index contributed by atoms with van der Waals surface area (Å²) >= 11 is 3.52. The van der Waals surface area contributed by atoms with E-state index >= 15 is 0 Å². The molecule has 0 amide bonds. The lowest BCUT2D eigenvalue weighted by atomic mass is 10.2. The molecule has 1 fully saturated rings. The maximum absolute atomic E-state index is 8.60. The lowest BCUT2D eigenvalue weighted by molar-refractivity contribution is 0.122. The monoisotopic (exact) mass is 333 g/mol. The number of anilines is 2. The van der Waals surface area contributed by atoms with Crippen molar-refractivity contribution in [1.29, 1.82) is 10.5 Å². The Morgan fingerprint density at radius 3 is 2.60 bits per heavy atom. The number of halogens is 1. The number of hydrazone groups is 1. The normalized spacial score (nSPS) is 14.1. The van der Waals surface area contributed by atoms with Crippen molar-refractivity contribution >= 4 is 33.0 Å². The first-order valence-corrected chi connectivity index (χ1v) is 6.80. The van der Waals surface area contributed by atoms with Crippen LogP contribution >= 0.6 is 15.9 Å². The van der Waals surface area contributed by atoms with Crippen LogP contribution in [-0.4, -0.2) is 32.0 Å². The van der Waals surface area contributed by atoms with E-state index in [-0.39, 0.29) is 5.71 Å². The van der Waals surface area contributed by atoms with Crippen LogP contribution in [0.4, 0.5) is 11.4 Å².